The molecule has 6 heteroatoms. The molecule has 0 aliphatic rings. The van der Waals surface area contributed by atoms with Gasteiger partial charge >= 0.3 is 0 Å². The Morgan fingerprint density at radius 2 is 2.00 bits per heavy atom. The van der Waals surface area contributed by atoms with E-state index in [0.29, 0.717) is 5.13 Å². The first-order chi connectivity index (χ1) is 7.78. The molecule has 2 rings (SSSR count). The van der Waals surface area contributed by atoms with E-state index in [9.17, 15) is 0 Å². The Hall–Kier alpha value is -1.11. The first-order valence-electron chi connectivity index (χ1n) is 4.68. The molecule has 0 aliphatic heterocycles. The topological polar surface area (TPSA) is 72.0 Å². The maximum absolute atomic E-state index is 8.90. The third-order valence-corrected chi connectivity index (χ3v) is 3.91. The molecule has 0 saturated carbocycles. The summed E-state index contributed by atoms with van der Waals surface area (Å²) in [5.74, 6) is 0.771. The summed E-state index contributed by atoms with van der Waals surface area (Å²) in [4.78, 5) is 1.14. The van der Waals surface area contributed by atoms with E-state index in [1.807, 2.05) is 24.3 Å². The predicted molar refractivity (Wildman–Crippen MR) is 66.2 cm³/mol. The van der Waals surface area contributed by atoms with Crippen LogP contribution in [0.25, 0.3) is 0 Å². The molecule has 1 aromatic carbocycles. The Balaban J connectivity index is 1.94. The van der Waals surface area contributed by atoms with E-state index in [1.165, 1.54) is 11.3 Å². The molecule has 0 radical (unpaired) electrons. The number of thioether (sulfide) groups is 1. The van der Waals surface area contributed by atoms with Crippen LogP contribution in [0.1, 0.15) is 10.6 Å². The van der Waals surface area contributed by atoms with Crippen LogP contribution in [0.5, 0.6) is 0 Å². The van der Waals surface area contributed by atoms with Gasteiger partial charge in [-0.05, 0) is 17.7 Å². The van der Waals surface area contributed by atoms with Crippen LogP contribution in [0.3, 0.4) is 0 Å². The zero-order valence-electron chi connectivity index (χ0n) is 8.46. The molecule has 1 heterocycles. The lowest BCUT2D eigenvalue weighted by molar-refractivity contribution is 0.282. The fourth-order valence-corrected chi connectivity index (χ4v) is 2.65. The molecule has 0 unspecified atom stereocenters. The maximum Gasteiger partial charge on any atom is 0.203 e. The number of nitrogens with zero attached hydrogens (tertiary/aromatic N) is 2. The van der Waals surface area contributed by atoms with E-state index in [2.05, 4.69) is 10.2 Å². The smallest absolute Gasteiger partial charge is 0.203 e. The number of hydrogen-bond donors (Lipinski definition) is 2. The molecule has 0 saturated heterocycles. The number of rotatable bonds is 4. The van der Waals surface area contributed by atoms with Crippen LogP contribution in [0.4, 0.5) is 5.13 Å². The van der Waals surface area contributed by atoms with E-state index in [0.717, 1.165) is 21.2 Å². The van der Waals surface area contributed by atoms with Gasteiger partial charge < -0.3 is 10.8 Å². The van der Waals surface area contributed by atoms with Crippen molar-refractivity contribution in [1.82, 2.24) is 10.2 Å². The van der Waals surface area contributed by atoms with E-state index < -0.39 is 0 Å². The van der Waals surface area contributed by atoms with Crippen molar-refractivity contribution < 1.29 is 5.11 Å². The number of anilines is 1. The van der Waals surface area contributed by atoms with Gasteiger partial charge in [-0.2, -0.15) is 0 Å². The summed E-state index contributed by atoms with van der Waals surface area (Å²) in [5, 5.41) is 18.0. The summed E-state index contributed by atoms with van der Waals surface area (Å²) in [5.41, 5.74) is 6.41. The van der Waals surface area contributed by atoms with Crippen LogP contribution >= 0.6 is 23.1 Å². The maximum atomic E-state index is 8.90. The van der Waals surface area contributed by atoms with Crippen LogP contribution < -0.4 is 5.73 Å². The summed E-state index contributed by atoms with van der Waals surface area (Å²) >= 11 is 3.09. The van der Waals surface area contributed by atoms with Gasteiger partial charge in [0.05, 0.1) is 12.4 Å². The lowest BCUT2D eigenvalue weighted by Gasteiger charge is -2.00. The molecule has 3 N–H and O–H groups in total. The quantitative estimate of drug-likeness (QED) is 0.814. The van der Waals surface area contributed by atoms with Gasteiger partial charge in [-0.15, -0.1) is 22.0 Å². The third-order valence-electron chi connectivity index (χ3n) is 1.95. The van der Waals surface area contributed by atoms with Gasteiger partial charge in [-0.25, -0.2) is 0 Å². The Labute approximate surface area is 102 Å². The number of nitrogen functional groups attached to an aromatic ring is 1. The summed E-state index contributed by atoms with van der Waals surface area (Å²) < 4.78 is 0. The Kier molecular flexibility index (Phi) is 3.76. The van der Waals surface area contributed by atoms with Crippen molar-refractivity contribution in [1.29, 1.82) is 0 Å². The van der Waals surface area contributed by atoms with Crippen molar-refractivity contribution in [3.05, 3.63) is 34.8 Å². The molecule has 2 aromatic rings. The van der Waals surface area contributed by atoms with E-state index in [1.54, 1.807) is 11.8 Å². The van der Waals surface area contributed by atoms with E-state index in [4.69, 9.17) is 10.8 Å². The first kappa shape index (κ1) is 11.4. The Morgan fingerprint density at radius 1 is 1.25 bits per heavy atom. The van der Waals surface area contributed by atoms with Gasteiger partial charge in [0.15, 0.2) is 0 Å². The standard InChI is InChI=1S/C10H11N3OS2/c11-10-13-12-9(16-10)6-15-8-3-1-7(5-14)2-4-8/h1-4,14H,5-6H2,(H2,11,13). The molecule has 16 heavy (non-hydrogen) atoms. The van der Waals surface area contributed by atoms with E-state index in [-0.39, 0.29) is 6.61 Å². The molecule has 0 aliphatic carbocycles. The van der Waals surface area contributed by atoms with Gasteiger partial charge in [-0.1, -0.05) is 23.5 Å². The second-order valence-corrected chi connectivity index (χ2v) is 5.27. The minimum atomic E-state index is 0.0812. The van der Waals surface area contributed by atoms with Gasteiger partial charge in [0.2, 0.25) is 5.13 Å². The fourth-order valence-electron chi connectivity index (χ4n) is 1.16. The SMILES string of the molecule is Nc1nnc(CSc2ccc(CO)cc2)s1. The largest absolute Gasteiger partial charge is 0.392 e. The number of aromatic nitrogens is 2. The van der Waals surface area contributed by atoms with Gasteiger partial charge in [-0.3, -0.25) is 0 Å². The van der Waals surface area contributed by atoms with Crippen LogP contribution in [0, 0.1) is 0 Å². The number of nitrogens with two attached hydrogens (primary N) is 1. The molecular formula is C10H11N3OS2. The van der Waals surface area contributed by atoms with Crippen LogP contribution in [0.15, 0.2) is 29.2 Å². The van der Waals surface area contributed by atoms with Crippen molar-refractivity contribution in [2.75, 3.05) is 5.73 Å². The lowest BCUT2D eigenvalue weighted by Crippen LogP contribution is -1.83. The summed E-state index contributed by atoms with van der Waals surface area (Å²) in [7, 11) is 0. The van der Waals surface area contributed by atoms with Crippen molar-refractivity contribution >= 4 is 28.2 Å². The molecule has 0 bridgehead atoms. The van der Waals surface area contributed by atoms with Crippen LogP contribution in [0.2, 0.25) is 0 Å². The van der Waals surface area contributed by atoms with Gasteiger partial charge in [0.25, 0.3) is 0 Å². The zero-order valence-corrected chi connectivity index (χ0v) is 10.1. The van der Waals surface area contributed by atoms with Gasteiger partial charge in [0, 0.05) is 4.90 Å². The third kappa shape index (κ3) is 2.94. The normalized spacial score (nSPS) is 10.6. The highest BCUT2D eigenvalue weighted by atomic mass is 32.2. The number of aliphatic hydroxyl groups is 1. The Bertz CT molecular complexity index is 455. The Morgan fingerprint density at radius 3 is 2.56 bits per heavy atom. The highest BCUT2D eigenvalue weighted by molar-refractivity contribution is 7.98. The van der Waals surface area contributed by atoms with Crippen LogP contribution in [-0.2, 0) is 12.4 Å². The van der Waals surface area contributed by atoms with Crippen molar-refractivity contribution in [2.45, 2.75) is 17.3 Å². The van der Waals surface area contributed by atoms with Crippen LogP contribution in [-0.4, -0.2) is 15.3 Å². The second-order valence-electron chi connectivity index (χ2n) is 3.12. The molecule has 0 spiro atoms. The lowest BCUT2D eigenvalue weighted by atomic mass is 10.2. The minimum Gasteiger partial charge on any atom is -0.392 e. The highest BCUT2D eigenvalue weighted by Gasteiger charge is 2.02. The molecule has 0 fully saturated rings. The number of benzene rings is 1. The van der Waals surface area contributed by atoms with Gasteiger partial charge in [0.1, 0.15) is 5.01 Å². The summed E-state index contributed by atoms with van der Waals surface area (Å²) in [6.07, 6.45) is 0. The van der Waals surface area contributed by atoms with Crippen molar-refractivity contribution in [2.24, 2.45) is 0 Å². The highest BCUT2D eigenvalue weighted by Crippen LogP contribution is 2.25. The predicted octanol–water partition coefficient (Wildman–Crippen LogP) is 1.90. The summed E-state index contributed by atoms with van der Waals surface area (Å²) in [6, 6.07) is 7.80. The molecule has 0 atom stereocenters. The zero-order chi connectivity index (χ0) is 11.4. The summed E-state index contributed by atoms with van der Waals surface area (Å²) in [6.45, 7) is 0.0812. The fraction of sp³-hybridized carbons (Fsp3) is 0.200. The van der Waals surface area contributed by atoms with Crippen molar-refractivity contribution in [3.8, 4) is 0 Å². The molecule has 84 valence electrons. The minimum absolute atomic E-state index is 0.0812. The average Bonchev–Trinajstić information content (AvgIpc) is 2.73. The molecule has 1 aromatic heterocycles. The first-order valence-corrected chi connectivity index (χ1v) is 6.48. The second kappa shape index (κ2) is 5.29. The molecule has 4 nitrogen and oxygen atoms in total. The average molecular weight is 253 g/mol. The molecule has 0 amide bonds. The van der Waals surface area contributed by atoms with E-state index >= 15 is 0 Å². The number of hydrogen-bond acceptors (Lipinski definition) is 6. The number of aliphatic hydroxyl groups excluding tert-OH is 1. The molecular weight excluding hydrogens is 242 g/mol. The monoisotopic (exact) mass is 253 g/mol. The van der Waals surface area contributed by atoms with Crippen molar-refractivity contribution in [3.63, 3.8) is 0 Å².